The highest BCUT2D eigenvalue weighted by Crippen LogP contribution is 2.60. The van der Waals surface area contributed by atoms with Crippen molar-refractivity contribution >= 4 is 0 Å². The minimum atomic E-state index is -0.428. The number of piperazine rings is 1. The van der Waals surface area contributed by atoms with Crippen LogP contribution in [-0.4, -0.2) is 68.8 Å². The van der Waals surface area contributed by atoms with Gasteiger partial charge in [0.25, 0.3) is 0 Å². The first-order valence-electron chi connectivity index (χ1n) is 12.3. The highest BCUT2D eigenvalue weighted by Gasteiger charge is 2.51. The van der Waals surface area contributed by atoms with E-state index < -0.39 is 6.10 Å². The van der Waals surface area contributed by atoms with E-state index in [-0.39, 0.29) is 6.61 Å². The lowest BCUT2D eigenvalue weighted by Crippen LogP contribution is -3.28. The predicted octanol–water partition coefficient (Wildman–Crippen LogP) is -0.330. The molecule has 1 atom stereocenters. The monoisotopic (exact) mass is 416 g/mol. The van der Waals surface area contributed by atoms with Crippen molar-refractivity contribution in [3.63, 3.8) is 0 Å². The van der Waals surface area contributed by atoms with Gasteiger partial charge in [-0.25, -0.2) is 0 Å². The van der Waals surface area contributed by atoms with E-state index in [0.717, 1.165) is 62.8 Å². The zero-order valence-corrected chi connectivity index (χ0v) is 18.3. The molecule has 5 nitrogen and oxygen atoms in total. The molecule has 166 valence electrons. The van der Waals surface area contributed by atoms with Crippen molar-refractivity contribution < 1.29 is 24.7 Å². The summed E-state index contributed by atoms with van der Waals surface area (Å²) >= 11 is 0. The maximum Gasteiger partial charge on any atom is 0.137 e. The summed E-state index contributed by atoms with van der Waals surface area (Å²) in [5.41, 5.74) is 1.97. The van der Waals surface area contributed by atoms with Crippen molar-refractivity contribution in [1.82, 2.24) is 0 Å². The third-order valence-electron chi connectivity index (χ3n) is 8.60. The maximum atomic E-state index is 10.4. The molecule has 4 bridgehead atoms. The second-order valence-corrected chi connectivity index (χ2v) is 10.9. The maximum absolute atomic E-state index is 10.4. The van der Waals surface area contributed by atoms with Crippen LogP contribution in [0.15, 0.2) is 24.3 Å². The Hall–Kier alpha value is -1.14. The molecular formula is C25H40N2O3+2. The van der Waals surface area contributed by atoms with Gasteiger partial charge in [-0.15, -0.1) is 0 Å². The van der Waals surface area contributed by atoms with Gasteiger partial charge in [-0.3, -0.25) is 0 Å². The third-order valence-corrected chi connectivity index (χ3v) is 8.60. The first-order chi connectivity index (χ1) is 14.6. The normalized spacial score (nSPS) is 38.5. The van der Waals surface area contributed by atoms with E-state index in [1.807, 2.05) is 0 Å². The van der Waals surface area contributed by atoms with E-state index in [9.17, 15) is 5.11 Å². The number of benzene rings is 1. The van der Waals surface area contributed by atoms with Gasteiger partial charge in [0, 0.05) is 0 Å². The van der Waals surface area contributed by atoms with Crippen LogP contribution in [0.4, 0.5) is 0 Å². The number of nitrogens with one attached hydrogen (secondary N) is 2. The molecule has 1 saturated heterocycles. The fourth-order valence-electron chi connectivity index (χ4n) is 7.52. The van der Waals surface area contributed by atoms with Crippen LogP contribution in [0.3, 0.4) is 0 Å². The number of ether oxygens (including phenoxy) is 1. The van der Waals surface area contributed by atoms with Crippen LogP contribution in [0.25, 0.3) is 0 Å². The van der Waals surface area contributed by atoms with Gasteiger partial charge in [-0.05, 0) is 79.4 Å². The van der Waals surface area contributed by atoms with E-state index in [1.165, 1.54) is 53.9 Å². The summed E-state index contributed by atoms with van der Waals surface area (Å²) in [6.07, 6.45) is 8.21. The van der Waals surface area contributed by atoms with Gasteiger partial charge < -0.3 is 24.7 Å². The molecule has 4 aliphatic carbocycles. The summed E-state index contributed by atoms with van der Waals surface area (Å²) in [5, 5.41) is 19.5. The molecule has 0 radical (unpaired) electrons. The van der Waals surface area contributed by atoms with Gasteiger partial charge in [0.15, 0.2) is 0 Å². The number of hydrogen-bond acceptors (Lipinski definition) is 3. The van der Waals surface area contributed by atoms with E-state index >= 15 is 0 Å². The van der Waals surface area contributed by atoms with Crippen LogP contribution in [-0.2, 0) is 5.41 Å². The van der Waals surface area contributed by atoms with Crippen molar-refractivity contribution in [3.05, 3.63) is 29.8 Å². The van der Waals surface area contributed by atoms with Crippen LogP contribution in [0.2, 0.25) is 0 Å². The molecule has 0 aromatic heterocycles. The molecular weight excluding hydrogens is 376 g/mol. The number of hydrogen-bond donors (Lipinski definition) is 4. The highest BCUT2D eigenvalue weighted by molar-refractivity contribution is 5.34. The first kappa shape index (κ1) is 20.7. The van der Waals surface area contributed by atoms with Crippen LogP contribution < -0.4 is 14.5 Å². The molecule has 0 amide bonds. The molecule has 0 spiro atoms. The SMILES string of the molecule is OCC[NH+]1CC[NH+](C[C@@H](O)COc2ccc(C34CC5CC(CC(C5)C3)C4)cc2)CC1. The molecule has 5 heteroatoms. The quantitative estimate of drug-likeness (QED) is 0.470. The van der Waals surface area contributed by atoms with Crippen LogP contribution >= 0.6 is 0 Å². The zero-order valence-electron chi connectivity index (χ0n) is 18.3. The van der Waals surface area contributed by atoms with Crippen molar-refractivity contribution in [2.75, 3.05) is 52.5 Å². The Morgan fingerprint density at radius 1 is 0.900 bits per heavy atom. The molecule has 1 heterocycles. The largest absolute Gasteiger partial charge is 0.491 e. The Morgan fingerprint density at radius 2 is 1.47 bits per heavy atom. The average Bonchev–Trinajstić information content (AvgIpc) is 2.73. The molecule has 5 fully saturated rings. The second-order valence-electron chi connectivity index (χ2n) is 10.9. The van der Waals surface area contributed by atoms with E-state index in [0.29, 0.717) is 12.0 Å². The zero-order chi connectivity index (χ0) is 20.6. The molecule has 4 saturated carbocycles. The summed E-state index contributed by atoms with van der Waals surface area (Å²) in [4.78, 5) is 2.93. The number of rotatable bonds is 8. The lowest BCUT2D eigenvalue weighted by Gasteiger charge is -2.57. The van der Waals surface area contributed by atoms with E-state index in [2.05, 4.69) is 24.3 Å². The highest BCUT2D eigenvalue weighted by atomic mass is 16.5. The average molecular weight is 417 g/mol. The Morgan fingerprint density at radius 3 is 2.03 bits per heavy atom. The molecule has 1 aromatic carbocycles. The van der Waals surface area contributed by atoms with Gasteiger partial charge in [0.1, 0.15) is 57.7 Å². The molecule has 1 aliphatic heterocycles. The Labute approximate surface area is 181 Å². The molecule has 1 aromatic rings. The molecule has 0 unspecified atom stereocenters. The summed E-state index contributed by atoms with van der Waals surface area (Å²) in [6, 6.07) is 8.88. The van der Waals surface area contributed by atoms with Crippen LogP contribution in [0.1, 0.15) is 44.1 Å². The number of quaternary nitrogens is 2. The van der Waals surface area contributed by atoms with Crippen molar-refractivity contribution in [3.8, 4) is 5.75 Å². The standard InChI is InChI=1S/C25H38N2O3/c28-10-9-26-5-7-27(8-6-26)17-23(29)18-30-24-3-1-22(2-4-24)25-14-19-11-20(15-25)13-21(12-19)16-25/h1-4,19-21,23,28-29H,5-18H2/p+2/t19?,20?,21?,23-,25?/m1/s1. The van der Waals surface area contributed by atoms with E-state index in [4.69, 9.17) is 9.84 Å². The molecule has 30 heavy (non-hydrogen) atoms. The van der Waals surface area contributed by atoms with Crippen LogP contribution in [0, 0.1) is 17.8 Å². The Bertz CT molecular complexity index is 664. The van der Waals surface area contributed by atoms with Gasteiger partial charge in [-0.2, -0.15) is 0 Å². The minimum Gasteiger partial charge on any atom is -0.491 e. The number of aliphatic hydroxyl groups excluding tert-OH is 2. The molecule has 6 rings (SSSR count). The van der Waals surface area contributed by atoms with Crippen molar-refractivity contribution in [2.24, 2.45) is 17.8 Å². The molecule has 5 aliphatic rings. The fourth-order valence-corrected chi connectivity index (χ4v) is 7.52. The summed E-state index contributed by atoms with van der Waals surface area (Å²) in [7, 11) is 0. The Kier molecular flexibility index (Phi) is 6.07. The minimum absolute atomic E-state index is 0.267. The van der Waals surface area contributed by atoms with E-state index in [1.54, 1.807) is 0 Å². The second kappa shape index (κ2) is 8.78. The lowest BCUT2D eigenvalue weighted by atomic mass is 9.48. The third kappa shape index (κ3) is 4.40. The van der Waals surface area contributed by atoms with Crippen molar-refractivity contribution in [1.29, 1.82) is 0 Å². The van der Waals surface area contributed by atoms with Gasteiger partial charge in [0.05, 0.1) is 6.61 Å². The number of aliphatic hydroxyl groups is 2. The first-order valence-corrected chi connectivity index (χ1v) is 12.3. The summed E-state index contributed by atoms with van der Waals surface area (Å²) in [5.74, 6) is 3.79. The summed E-state index contributed by atoms with van der Waals surface area (Å²) in [6.45, 7) is 6.51. The van der Waals surface area contributed by atoms with Gasteiger partial charge >= 0.3 is 0 Å². The predicted molar refractivity (Wildman–Crippen MR) is 116 cm³/mol. The van der Waals surface area contributed by atoms with Gasteiger partial charge in [-0.1, -0.05) is 12.1 Å². The van der Waals surface area contributed by atoms with Crippen molar-refractivity contribution in [2.45, 2.75) is 50.0 Å². The lowest BCUT2D eigenvalue weighted by molar-refractivity contribution is -1.01. The fraction of sp³-hybridized carbons (Fsp3) is 0.760. The van der Waals surface area contributed by atoms with Crippen LogP contribution in [0.5, 0.6) is 5.75 Å². The summed E-state index contributed by atoms with van der Waals surface area (Å²) < 4.78 is 5.94. The smallest absolute Gasteiger partial charge is 0.137 e. The van der Waals surface area contributed by atoms with Gasteiger partial charge in [0.2, 0.25) is 0 Å². The molecule has 4 N–H and O–H groups in total. The topological polar surface area (TPSA) is 58.6 Å². The Balaban J connectivity index is 1.10.